The van der Waals surface area contributed by atoms with Crippen LogP contribution in [0.4, 0.5) is 11.4 Å². The highest BCUT2D eigenvalue weighted by Gasteiger charge is 2.32. The number of nitrogens with one attached hydrogen (secondary N) is 1. The summed E-state index contributed by atoms with van der Waals surface area (Å²) in [6, 6.07) is 5.56. The highest BCUT2D eigenvalue weighted by atomic mass is 16.5. The van der Waals surface area contributed by atoms with Gasteiger partial charge in [0.1, 0.15) is 17.9 Å². The summed E-state index contributed by atoms with van der Waals surface area (Å²) in [4.78, 5) is 19.8. The van der Waals surface area contributed by atoms with E-state index in [2.05, 4.69) is 20.3 Å². The van der Waals surface area contributed by atoms with Crippen LogP contribution in [0.2, 0.25) is 0 Å². The largest absolute Gasteiger partial charge is 0.490 e. The molecule has 1 aromatic carbocycles. The second-order valence-electron chi connectivity index (χ2n) is 9.79. The lowest BCUT2D eigenvalue weighted by molar-refractivity contribution is -0.000567. The third kappa shape index (κ3) is 4.69. The molecule has 1 fully saturated rings. The first-order valence-corrected chi connectivity index (χ1v) is 12.0. The van der Waals surface area contributed by atoms with E-state index in [9.17, 15) is 20.1 Å². The Kier molecular flexibility index (Phi) is 6.35. The van der Waals surface area contributed by atoms with Crippen molar-refractivity contribution in [3.63, 3.8) is 0 Å². The SMILES string of the molecule is C[C@]1(O)COc2cc(N3CCC(C(CO)CO)CC3)c(NC(=O)c3cnn4cccnc34)cc2C1. The van der Waals surface area contributed by atoms with Crippen molar-refractivity contribution in [2.45, 2.75) is 31.8 Å². The molecule has 0 radical (unpaired) electrons. The van der Waals surface area contributed by atoms with Crippen molar-refractivity contribution >= 4 is 22.9 Å². The van der Waals surface area contributed by atoms with Gasteiger partial charge in [-0.05, 0) is 43.4 Å². The molecule has 1 amide bonds. The summed E-state index contributed by atoms with van der Waals surface area (Å²) in [6.45, 7) is 3.33. The number of hydrogen-bond donors (Lipinski definition) is 4. The van der Waals surface area contributed by atoms with E-state index in [1.54, 1.807) is 29.9 Å². The van der Waals surface area contributed by atoms with Crippen LogP contribution >= 0.6 is 0 Å². The summed E-state index contributed by atoms with van der Waals surface area (Å²) in [5.41, 5.74) is 2.15. The lowest BCUT2D eigenvalue weighted by atomic mass is 9.85. The first kappa shape index (κ1) is 23.5. The molecular formula is C25H31N5O5. The fourth-order valence-electron chi connectivity index (χ4n) is 5.09. The number of hydrogen-bond acceptors (Lipinski definition) is 8. The van der Waals surface area contributed by atoms with Crippen LogP contribution in [0.1, 0.15) is 35.7 Å². The van der Waals surface area contributed by atoms with Gasteiger partial charge in [0.25, 0.3) is 5.91 Å². The Morgan fingerprint density at radius 2 is 2.06 bits per heavy atom. The number of carbonyl (C=O) groups excluding carboxylic acids is 1. The molecule has 4 N–H and O–H groups in total. The van der Waals surface area contributed by atoms with Crippen LogP contribution in [-0.2, 0) is 6.42 Å². The van der Waals surface area contributed by atoms with Gasteiger partial charge in [0.2, 0.25) is 0 Å². The van der Waals surface area contributed by atoms with Crippen molar-refractivity contribution in [2.75, 3.05) is 43.1 Å². The van der Waals surface area contributed by atoms with Crippen molar-refractivity contribution in [1.29, 1.82) is 0 Å². The Balaban J connectivity index is 1.45. The fraction of sp³-hybridized carbons (Fsp3) is 0.480. The molecule has 1 atom stereocenters. The van der Waals surface area contributed by atoms with E-state index in [0.29, 0.717) is 29.1 Å². The highest BCUT2D eigenvalue weighted by molar-refractivity contribution is 6.09. The molecule has 0 spiro atoms. The number of nitrogens with zero attached hydrogens (tertiary/aromatic N) is 4. The number of aliphatic hydroxyl groups excluding tert-OH is 2. The average molecular weight is 482 g/mol. The summed E-state index contributed by atoms with van der Waals surface area (Å²) in [6.07, 6.45) is 6.92. The minimum absolute atomic E-state index is 0.0250. The van der Waals surface area contributed by atoms with Gasteiger partial charge in [-0.2, -0.15) is 5.10 Å². The van der Waals surface area contributed by atoms with Gasteiger partial charge in [-0.1, -0.05) is 0 Å². The number of ether oxygens (including phenoxy) is 1. The van der Waals surface area contributed by atoms with Gasteiger partial charge in [-0.15, -0.1) is 0 Å². The first-order valence-electron chi connectivity index (χ1n) is 12.0. The molecule has 0 bridgehead atoms. The van der Waals surface area contributed by atoms with Crippen LogP contribution in [0.15, 0.2) is 36.8 Å². The molecule has 1 saturated heterocycles. The van der Waals surface area contributed by atoms with Gasteiger partial charge >= 0.3 is 0 Å². The van der Waals surface area contributed by atoms with Crippen LogP contribution in [0, 0.1) is 11.8 Å². The molecule has 0 saturated carbocycles. The Morgan fingerprint density at radius 1 is 1.29 bits per heavy atom. The topological polar surface area (TPSA) is 132 Å². The summed E-state index contributed by atoms with van der Waals surface area (Å²) in [7, 11) is 0. The van der Waals surface area contributed by atoms with Gasteiger partial charge in [0, 0.05) is 57.1 Å². The van der Waals surface area contributed by atoms with Crippen molar-refractivity contribution in [1.82, 2.24) is 14.6 Å². The summed E-state index contributed by atoms with van der Waals surface area (Å²) >= 11 is 0. The minimum Gasteiger partial charge on any atom is -0.490 e. The second kappa shape index (κ2) is 9.44. The lowest BCUT2D eigenvalue weighted by Gasteiger charge is -2.38. The quantitative estimate of drug-likeness (QED) is 0.416. The maximum atomic E-state index is 13.3. The molecule has 0 unspecified atom stereocenters. The Labute approximate surface area is 203 Å². The van der Waals surface area contributed by atoms with Crippen molar-refractivity contribution in [2.24, 2.45) is 11.8 Å². The van der Waals surface area contributed by atoms with E-state index < -0.39 is 5.60 Å². The Morgan fingerprint density at radius 3 is 2.80 bits per heavy atom. The number of aliphatic hydroxyl groups is 3. The molecule has 5 rings (SSSR count). The predicted molar refractivity (Wildman–Crippen MR) is 130 cm³/mol. The average Bonchev–Trinajstić information content (AvgIpc) is 3.29. The molecule has 2 aromatic heterocycles. The number of anilines is 2. The predicted octanol–water partition coefficient (Wildman–Crippen LogP) is 1.48. The number of rotatable bonds is 6. The number of benzene rings is 1. The molecule has 2 aliphatic rings. The molecule has 4 heterocycles. The van der Waals surface area contributed by atoms with E-state index in [4.69, 9.17) is 4.74 Å². The molecule has 35 heavy (non-hydrogen) atoms. The molecule has 3 aromatic rings. The normalized spacial score (nSPS) is 20.7. The van der Waals surface area contributed by atoms with Crippen LogP contribution in [0.5, 0.6) is 5.75 Å². The minimum atomic E-state index is -0.982. The molecule has 2 aliphatic heterocycles. The van der Waals surface area contributed by atoms with E-state index >= 15 is 0 Å². The number of fused-ring (bicyclic) bond motifs is 2. The zero-order valence-electron chi connectivity index (χ0n) is 19.7. The van der Waals surface area contributed by atoms with Crippen LogP contribution in [-0.4, -0.2) is 74.3 Å². The van der Waals surface area contributed by atoms with Crippen LogP contribution in [0.3, 0.4) is 0 Å². The number of aromatic nitrogens is 3. The summed E-state index contributed by atoms with van der Waals surface area (Å²) in [5.74, 6) is 0.508. The molecule has 10 heteroatoms. The summed E-state index contributed by atoms with van der Waals surface area (Å²) < 4.78 is 7.43. The third-order valence-electron chi connectivity index (χ3n) is 7.08. The van der Waals surface area contributed by atoms with E-state index in [-0.39, 0.29) is 37.6 Å². The number of piperidine rings is 1. The molecule has 0 aliphatic carbocycles. The monoisotopic (exact) mass is 481 g/mol. The van der Waals surface area contributed by atoms with Crippen LogP contribution < -0.4 is 15.0 Å². The lowest BCUT2D eigenvalue weighted by Crippen LogP contribution is -2.40. The maximum Gasteiger partial charge on any atom is 0.261 e. The van der Waals surface area contributed by atoms with Crippen molar-refractivity contribution in [3.8, 4) is 5.75 Å². The van der Waals surface area contributed by atoms with Gasteiger partial charge in [-0.25, -0.2) is 9.50 Å². The zero-order valence-corrected chi connectivity index (χ0v) is 19.7. The number of carbonyl (C=O) groups is 1. The van der Waals surface area contributed by atoms with E-state index in [1.165, 1.54) is 6.20 Å². The van der Waals surface area contributed by atoms with Gasteiger partial charge in [-0.3, -0.25) is 4.79 Å². The van der Waals surface area contributed by atoms with Crippen molar-refractivity contribution in [3.05, 3.63) is 47.9 Å². The molecule has 10 nitrogen and oxygen atoms in total. The van der Waals surface area contributed by atoms with Gasteiger partial charge < -0.3 is 30.3 Å². The first-order chi connectivity index (χ1) is 16.9. The van der Waals surface area contributed by atoms with Gasteiger partial charge in [0.15, 0.2) is 5.65 Å². The van der Waals surface area contributed by atoms with E-state index in [0.717, 1.165) is 37.2 Å². The van der Waals surface area contributed by atoms with Crippen LogP contribution in [0.25, 0.3) is 5.65 Å². The zero-order chi connectivity index (χ0) is 24.6. The number of amides is 1. The third-order valence-corrected chi connectivity index (χ3v) is 7.08. The Bertz CT molecular complexity index is 1210. The summed E-state index contributed by atoms with van der Waals surface area (Å²) in [5, 5.41) is 36.9. The standard InChI is InChI=1S/C25H31N5O5/c1-25(34)11-17-9-20(28-24(33)19-12-27-30-6-2-5-26-23(19)30)21(10-22(17)35-15-25)29-7-3-16(4-8-29)18(13-31)14-32/h2,5-6,9-10,12,16,18,31-32,34H,3-4,7-8,11,13-15H2,1H3,(H,28,33)/t25-/m1/s1. The second-order valence-corrected chi connectivity index (χ2v) is 9.79. The molecule has 186 valence electrons. The smallest absolute Gasteiger partial charge is 0.261 e. The Hall–Kier alpha value is -3.21. The van der Waals surface area contributed by atoms with Gasteiger partial charge in [0.05, 0.1) is 23.2 Å². The molecular weight excluding hydrogens is 450 g/mol. The maximum absolute atomic E-state index is 13.3. The highest BCUT2D eigenvalue weighted by Crippen LogP contribution is 2.40. The van der Waals surface area contributed by atoms with Crippen molar-refractivity contribution < 1.29 is 24.9 Å². The van der Waals surface area contributed by atoms with E-state index in [1.807, 2.05) is 12.1 Å². The fourth-order valence-corrected chi connectivity index (χ4v) is 5.09.